The molecule has 1 atom stereocenters. The Morgan fingerprint density at radius 1 is 0.795 bits per heavy atom. The van der Waals surface area contributed by atoms with Gasteiger partial charge in [0.2, 0.25) is 0 Å². The molecule has 0 saturated heterocycles. The number of phenolic OH excluding ortho intramolecular Hbond substituents is 3. The van der Waals surface area contributed by atoms with Gasteiger partial charge in [-0.05, 0) is 82.9 Å². The molecule has 7 nitrogen and oxygen atoms in total. The number of para-hydroxylation sites is 1. The predicted octanol–water partition coefficient (Wildman–Crippen LogP) is 7.62. The van der Waals surface area contributed by atoms with Gasteiger partial charge in [-0.3, -0.25) is 4.79 Å². The molecule has 8 heteroatoms. The summed E-state index contributed by atoms with van der Waals surface area (Å²) in [7, 11) is 2.97. The minimum atomic E-state index is -0.493. The van der Waals surface area contributed by atoms with Gasteiger partial charge in [0, 0.05) is 10.5 Å². The minimum absolute atomic E-state index is 0.0134. The molecule has 1 unspecified atom stereocenters. The maximum atomic E-state index is 14.3. The van der Waals surface area contributed by atoms with E-state index in [1.165, 1.54) is 26.4 Å². The molecular formula is C36H29NO6S. The average molecular weight is 604 g/mol. The van der Waals surface area contributed by atoms with Gasteiger partial charge in [-0.15, -0.1) is 0 Å². The molecule has 2 heterocycles. The fourth-order valence-electron chi connectivity index (χ4n) is 5.32. The molecule has 0 bridgehead atoms. The Hall–Kier alpha value is -5.34. The molecule has 4 aromatic carbocycles. The first kappa shape index (κ1) is 28.8. The molecule has 0 spiro atoms. The van der Waals surface area contributed by atoms with E-state index < -0.39 is 6.04 Å². The van der Waals surface area contributed by atoms with Crippen molar-refractivity contribution in [3.63, 3.8) is 0 Å². The van der Waals surface area contributed by atoms with Gasteiger partial charge >= 0.3 is 0 Å². The number of thioether (sulfide) groups is 1. The Bertz CT molecular complexity index is 1870. The third-order valence-electron chi connectivity index (χ3n) is 7.46. The van der Waals surface area contributed by atoms with E-state index in [2.05, 4.69) is 11.0 Å². The zero-order valence-electron chi connectivity index (χ0n) is 24.0. The Balaban J connectivity index is 1.51. The number of carbonyl (C=O) groups is 1. The fraction of sp³-hybridized carbons (Fsp3) is 0.0833. The molecular weight excluding hydrogens is 574 g/mol. The third kappa shape index (κ3) is 5.55. The zero-order chi connectivity index (χ0) is 30.8. The van der Waals surface area contributed by atoms with E-state index in [0.29, 0.717) is 22.6 Å². The molecule has 0 saturated carbocycles. The molecule has 2 aliphatic rings. The van der Waals surface area contributed by atoms with Crippen molar-refractivity contribution in [1.82, 2.24) is 0 Å². The molecule has 0 aromatic heterocycles. The normalized spacial score (nSPS) is 15.8. The van der Waals surface area contributed by atoms with E-state index in [4.69, 9.17) is 9.47 Å². The van der Waals surface area contributed by atoms with Crippen molar-refractivity contribution < 1.29 is 29.6 Å². The molecule has 3 N–H and O–H groups in total. The van der Waals surface area contributed by atoms with Gasteiger partial charge in [0.1, 0.15) is 5.75 Å². The van der Waals surface area contributed by atoms with Crippen LogP contribution in [0.4, 0.5) is 5.69 Å². The van der Waals surface area contributed by atoms with Crippen LogP contribution < -0.4 is 14.4 Å². The summed E-state index contributed by atoms with van der Waals surface area (Å²) in [5.41, 5.74) is 4.57. The fourth-order valence-corrected chi connectivity index (χ4v) is 6.45. The van der Waals surface area contributed by atoms with Crippen molar-refractivity contribution in [2.24, 2.45) is 0 Å². The first-order valence-electron chi connectivity index (χ1n) is 13.8. The Labute approximate surface area is 259 Å². The van der Waals surface area contributed by atoms with Crippen LogP contribution in [-0.4, -0.2) is 35.3 Å². The number of fused-ring (bicyclic) bond motifs is 3. The van der Waals surface area contributed by atoms with Crippen molar-refractivity contribution in [1.29, 1.82) is 0 Å². The topological polar surface area (TPSA) is 99.5 Å². The summed E-state index contributed by atoms with van der Waals surface area (Å²) < 4.78 is 10.5. The number of benzene rings is 4. The number of anilines is 1. The number of methoxy groups -OCH3 is 2. The van der Waals surface area contributed by atoms with Crippen LogP contribution in [-0.2, 0) is 4.79 Å². The van der Waals surface area contributed by atoms with Crippen molar-refractivity contribution in [3.05, 3.63) is 136 Å². The molecule has 4 aromatic rings. The van der Waals surface area contributed by atoms with Gasteiger partial charge in [-0.2, -0.15) is 0 Å². The second-order valence-corrected chi connectivity index (χ2v) is 11.2. The van der Waals surface area contributed by atoms with Gasteiger partial charge in [0.05, 0.1) is 31.0 Å². The number of phenols is 3. The van der Waals surface area contributed by atoms with Crippen LogP contribution >= 0.6 is 11.8 Å². The number of hydrogen-bond donors (Lipinski definition) is 3. The van der Waals surface area contributed by atoms with Gasteiger partial charge in [0.15, 0.2) is 28.8 Å². The lowest BCUT2D eigenvalue weighted by molar-refractivity contribution is -0.111. The molecule has 220 valence electrons. The highest BCUT2D eigenvalue weighted by Gasteiger charge is 2.39. The number of carbonyl (C=O) groups excluding carboxylic acids is 1. The van der Waals surface area contributed by atoms with Crippen LogP contribution in [0.1, 0.15) is 22.7 Å². The average Bonchev–Trinajstić information content (AvgIpc) is 3.41. The summed E-state index contributed by atoms with van der Waals surface area (Å²) in [5.74, 6) is 0.642. The quantitative estimate of drug-likeness (QED) is 0.177. The minimum Gasteiger partial charge on any atom is -0.508 e. The molecule has 0 amide bonds. The second kappa shape index (κ2) is 12.1. The monoisotopic (exact) mass is 603 g/mol. The van der Waals surface area contributed by atoms with E-state index >= 15 is 0 Å². The number of nitrogens with zero attached hydrogens (tertiary/aromatic N) is 1. The Kier molecular flexibility index (Phi) is 7.91. The lowest BCUT2D eigenvalue weighted by atomic mass is 9.86. The van der Waals surface area contributed by atoms with E-state index in [1.807, 2.05) is 48.6 Å². The summed E-state index contributed by atoms with van der Waals surface area (Å²) in [4.78, 5) is 17.5. The van der Waals surface area contributed by atoms with Crippen molar-refractivity contribution in [3.8, 4) is 28.7 Å². The highest BCUT2D eigenvalue weighted by atomic mass is 32.2. The summed E-state index contributed by atoms with van der Waals surface area (Å²) in [6.45, 7) is 0. The largest absolute Gasteiger partial charge is 0.508 e. The molecule has 2 aliphatic heterocycles. The van der Waals surface area contributed by atoms with Crippen LogP contribution in [0, 0.1) is 0 Å². The molecule has 0 radical (unpaired) electrons. The van der Waals surface area contributed by atoms with Crippen LogP contribution in [0.3, 0.4) is 0 Å². The highest BCUT2D eigenvalue weighted by Crippen LogP contribution is 2.54. The molecule has 0 fully saturated rings. The van der Waals surface area contributed by atoms with Gasteiger partial charge in [-0.1, -0.05) is 66.4 Å². The van der Waals surface area contributed by atoms with Crippen LogP contribution in [0.15, 0.2) is 124 Å². The zero-order valence-corrected chi connectivity index (χ0v) is 24.8. The molecule has 44 heavy (non-hydrogen) atoms. The standard InChI is InChI=1S/C36H29NO6S/c1-42-31-19-22(8-16-28(31)39)7-11-25-21-34-37(27-5-3-4-6-33(27)44-34)36(24-12-14-26(38)15-13-24)35(25)30(41)18-10-23-9-17-29(40)32(20-23)43-2/h3-21,36,38-40H,1-2H3/b11-7+,18-10+. The summed E-state index contributed by atoms with van der Waals surface area (Å²) >= 11 is 1.63. The number of allylic oxidation sites excluding steroid dienone is 4. The third-order valence-corrected chi connectivity index (χ3v) is 8.55. The smallest absolute Gasteiger partial charge is 0.184 e. The lowest BCUT2D eigenvalue weighted by Crippen LogP contribution is -2.32. The van der Waals surface area contributed by atoms with Gasteiger partial charge < -0.3 is 29.7 Å². The van der Waals surface area contributed by atoms with Crippen LogP contribution in [0.5, 0.6) is 28.7 Å². The second-order valence-electron chi connectivity index (χ2n) is 10.2. The number of ketones is 1. The van der Waals surface area contributed by atoms with Gasteiger partial charge in [0.25, 0.3) is 0 Å². The van der Waals surface area contributed by atoms with Crippen molar-refractivity contribution in [2.45, 2.75) is 10.9 Å². The lowest BCUT2D eigenvalue weighted by Gasteiger charge is -2.36. The van der Waals surface area contributed by atoms with E-state index in [9.17, 15) is 20.1 Å². The maximum Gasteiger partial charge on any atom is 0.184 e. The highest BCUT2D eigenvalue weighted by molar-refractivity contribution is 8.03. The number of aromatic hydroxyl groups is 3. The van der Waals surface area contributed by atoms with Crippen molar-refractivity contribution in [2.75, 3.05) is 19.1 Å². The van der Waals surface area contributed by atoms with Gasteiger partial charge in [-0.25, -0.2) is 0 Å². The van der Waals surface area contributed by atoms with Crippen LogP contribution in [0.25, 0.3) is 12.2 Å². The predicted molar refractivity (Wildman–Crippen MR) is 173 cm³/mol. The number of hydrogen-bond acceptors (Lipinski definition) is 8. The molecule has 0 aliphatic carbocycles. The van der Waals surface area contributed by atoms with E-state index in [1.54, 1.807) is 60.3 Å². The van der Waals surface area contributed by atoms with Crippen molar-refractivity contribution >= 4 is 35.4 Å². The Morgan fingerprint density at radius 2 is 1.43 bits per heavy atom. The SMILES string of the molecule is COc1cc(/C=C/C(=O)C2=C(/C=C/c3ccc(O)c(OC)c3)C=C3Sc4ccccc4N3C2c2ccc(O)cc2)ccc1O. The number of rotatable bonds is 8. The molecule has 6 rings (SSSR count). The number of ether oxygens (including phenoxy) is 2. The maximum absolute atomic E-state index is 14.3. The summed E-state index contributed by atoms with van der Waals surface area (Å²) in [5, 5.41) is 31.1. The van der Waals surface area contributed by atoms with E-state index in [-0.39, 0.29) is 23.0 Å². The Morgan fingerprint density at radius 3 is 2.09 bits per heavy atom. The first-order chi connectivity index (χ1) is 21.4. The summed E-state index contributed by atoms with van der Waals surface area (Å²) in [6.07, 6.45) is 9.02. The van der Waals surface area contributed by atoms with E-state index in [0.717, 1.165) is 32.3 Å². The first-order valence-corrected chi connectivity index (χ1v) is 14.6. The summed E-state index contributed by atoms with van der Waals surface area (Å²) in [6, 6.07) is 24.5. The van der Waals surface area contributed by atoms with Crippen LogP contribution in [0.2, 0.25) is 0 Å².